The number of carbonyl (C=O) groups is 3. The van der Waals surface area contributed by atoms with Crippen LogP contribution in [0.4, 0.5) is 0 Å². The molecule has 1 aromatic rings. The van der Waals surface area contributed by atoms with E-state index in [2.05, 4.69) is 6.58 Å². The third kappa shape index (κ3) is 4.02. The lowest BCUT2D eigenvalue weighted by atomic mass is 9.99. The number of allylic oxidation sites excluding steroid dienone is 1. The van der Waals surface area contributed by atoms with Crippen LogP contribution < -0.4 is 4.74 Å². The normalized spacial score (nSPS) is 19.8. The highest BCUT2D eigenvalue weighted by Crippen LogP contribution is 2.42. The Morgan fingerprint density at radius 2 is 2.00 bits per heavy atom. The summed E-state index contributed by atoms with van der Waals surface area (Å²) in [5, 5.41) is 0. The van der Waals surface area contributed by atoms with Crippen LogP contribution in [0.5, 0.6) is 5.75 Å². The van der Waals surface area contributed by atoms with E-state index in [9.17, 15) is 14.4 Å². The quantitative estimate of drug-likeness (QED) is 0.441. The van der Waals surface area contributed by atoms with Crippen molar-refractivity contribution in [3.05, 3.63) is 53.1 Å². The number of hydrogen-bond donors (Lipinski definition) is 0. The summed E-state index contributed by atoms with van der Waals surface area (Å²) in [6.07, 6.45) is 0.204. The molecule has 3 atom stereocenters. The number of benzene rings is 1. The Morgan fingerprint density at radius 3 is 2.58 bits per heavy atom. The maximum atomic E-state index is 11.9. The van der Waals surface area contributed by atoms with E-state index in [1.165, 1.54) is 6.92 Å². The molecule has 0 fully saturated rings. The van der Waals surface area contributed by atoms with Crippen LogP contribution in [0, 0.1) is 0 Å². The fraction of sp³-hybridized carbons (Fsp3) is 0.350. The van der Waals surface area contributed by atoms with Gasteiger partial charge in [0, 0.05) is 23.6 Å². The maximum absolute atomic E-state index is 11.9. The summed E-state index contributed by atoms with van der Waals surface area (Å²) in [4.78, 5) is 34.5. The lowest BCUT2D eigenvalue weighted by Crippen LogP contribution is -2.25. The molecule has 0 amide bonds. The number of hydrogen-bond acceptors (Lipinski definition) is 6. The van der Waals surface area contributed by atoms with Crippen molar-refractivity contribution < 1.29 is 28.6 Å². The van der Waals surface area contributed by atoms with E-state index >= 15 is 0 Å². The van der Waals surface area contributed by atoms with Gasteiger partial charge in [0.1, 0.15) is 18.1 Å². The van der Waals surface area contributed by atoms with Gasteiger partial charge in [0.2, 0.25) is 0 Å². The first-order valence-electron chi connectivity index (χ1n) is 8.24. The molecule has 0 bridgehead atoms. The van der Waals surface area contributed by atoms with Crippen LogP contribution in [0.25, 0.3) is 0 Å². The van der Waals surface area contributed by atoms with Gasteiger partial charge in [0.05, 0.1) is 0 Å². The average Bonchev–Trinajstić information content (AvgIpc) is 2.97. The lowest BCUT2D eigenvalue weighted by Gasteiger charge is -2.18. The molecule has 1 aliphatic heterocycles. The topological polar surface area (TPSA) is 78.9 Å². The molecular weight excluding hydrogens is 336 g/mol. The summed E-state index contributed by atoms with van der Waals surface area (Å²) in [7, 11) is 0. The Morgan fingerprint density at radius 1 is 1.31 bits per heavy atom. The molecule has 0 aliphatic carbocycles. The van der Waals surface area contributed by atoms with E-state index in [0.29, 0.717) is 23.2 Å². The van der Waals surface area contributed by atoms with E-state index in [-0.39, 0.29) is 5.57 Å². The van der Waals surface area contributed by atoms with Crippen LogP contribution in [0.2, 0.25) is 0 Å². The van der Waals surface area contributed by atoms with Gasteiger partial charge in [0.15, 0.2) is 12.2 Å². The molecule has 0 aromatic heterocycles. The van der Waals surface area contributed by atoms with Gasteiger partial charge in [-0.2, -0.15) is 0 Å². The molecule has 0 N–H and O–H groups in total. The molecule has 0 saturated carbocycles. The minimum Gasteiger partial charge on any atom is -0.481 e. The van der Waals surface area contributed by atoms with Gasteiger partial charge in [-0.15, -0.1) is 0 Å². The zero-order valence-electron chi connectivity index (χ0n) is 15.3. The molecular formula is C20H22O6. The molecule has 26 heavy (non-hydrogen) atoms. The van der Waals surface area contributed by atoms with Gasteiger partial charge in [0.25, 0.3) is 0 Å². The first-order valence-corrected chi connectivity index (χ1v) is 8.24. The Hall–Kier alpha value is -2.89. The number of aldehydes is 1. The van der Waals surface area contributed by atoms with Crippen molar-refractivity contribution in [2.45, 2.75) is 46.0 Å². The highest BCUT2D eigenvalue weighted by molar-refractivity contribution is 5.87. The molecule has 0 spiro atoms. The molecule has 0 unspecified atom stereocenters. The second-order valence-corrected chi connectivity index (χ2v) is 6.08. The van der Waals surface area contributed by atoms with Crippen LogP contribution in [0.15, 0.2) is 42.0 Å². The smallest absolute Gasteiger partial charge is 0.333 e. The predicted molar refractivity (Wildman–Crippen MR) is 94.5 cm³/mol. The molecule has 6 heteroatoms. The highest BCUT2D eigenvalue weighted by Gasteiger charge is 2.39. The number of fused-ring (bicyclic) bond motifs is 1. The molecule has 6 nitrogen and oxygen atoms in total. The third-order valence-corrected chi connectivity index (χ3v) is 4.19. The fourth-order valence-electron chi connectivity index (χ4n) is 2.59. The van der Waals surface area contributed by atoms with Crippen LogP contribution in [0.1, 0.15) is 51.0 Å². The van der Waals surface area contributed by atoms with E-state index < -0.39 is 30.3 Å². The molecule has 1 heterocycles. The third-order valence-electron chi connectivity index (χ3n) is 4.19. The summed E-state index contributed by atoms with van der Waals surface area (Å²) in [5.74, 6) is -0.402. The Labute approximate surface area is 152 Å². The standard InChI is InChI=1S/C20H22O6/c1-6-11(2)20(23)24-13(4)15-7-8-17-16(9-15)19(25-14(5)22)18(26-17)12(3)10-21/h6-10,13,18-19H,3H2,1-2,4-5H3/b11-6+/t13-,18+,19+/m1/s1. The van der Waals surface area contributed by atoms with Crippen molar-refractivity contribution >= 4 is 18.2 Å². The van der Waals surface area contributed by atoms with E-state index in [0.717, 1.165) is 5.56 Å². The van der Waals surface area contributed by atoms with Crippen molar-refractivity contribution in [3.63, 3.8) is 0 Å². The van der Waals surface area contributed by atoms with Crippen LogP contribution >= 0.6 is 0 Å². The maximum Gasteiger partial charge on any atom is 0.333 e. The van der Waals surface area contributed by atoms with E-state index in [1.54, 1.807) is 45.0 Å². The van der Waals surface area contributed by atoms with Crippen molar-refractivity contribution in [2.24, 2.45) is 0 Å². The summed E-state index contributed by atoms with van der Waals surface area (Å²) < 4.78 is 16.5. The number of rotatable bonds is 6. The molecule has 138 valence electrons. The van der Waals surface area contributed by atoms with Gasteiger partial charge in [-0.05, 0) is 38.5 Å². The predicted octanol–water partition coefficient (Wildman–Crippen LogP) is 3.38. The van der Waals surface area contributed by atoms with Crippen LogP contribution in [-0.4, -0.2) is 24.3 Å². The highest BCUT2D eigenvalue weighted by atomic mass is 16.6. The number of esters is 2. The number of carbonyl (C=O) groups excluding carboxylic acids is 3. The molecule has 2 rings (SSSR count). The SMILES string of the molecule is C=C(C=O)[C@@H]1Oc2ccc([C@@H](C)OC(=O)/C(C)=C/C)cc2[C@@H]1OC(C)=O. The first-order chi connectivity index (χ1) is 12.3. The largest absolute Gasteiger partial charge is 0.481 e. The van der Waals surface area contributed by atoms with Crippen molar-refractivity contribution in [3.8, 4) is 5.75 Å². The van der Waals surface area contributed by atoms with Crippen molar-refractivity contribution in [2.75, 3.05) is 0 Å². The van der Waals surface area contributed by atoms with Crippen molar-refractivity contribution in [1.29, 1.82) is 0 Å². The minimum absolute atomic E-state index is 0.178. The van der Waals surface area contributed by atoms with E-state index in [4.69, 9.17) is 14.2 Å². The van der Waals surface area contributed by atoms with Gasteiger partial charge < -0.3 is 14.2 Å². The van der Waals surface area contributed by atoms with Crippen LogP contribution in [0.3, 0.4) is 0 Å². The molecule has 0 radical (unpaired) electrons. The Bertz CT molecular complexity index is 777. The summed E-state index contributed by atoms with van der Waals surface area (Å²) >= 11 is 0. The van der Waals surface area contributed by atoms with Gasteiger partial charge in [-0.3, -0.25) is 9.59 Å². The van der Waals surface area contributed by atoms with Crippen LogP contribution in [-0.2, 0) is 23.9 Å². The summed E-state index contributed by atoms with van der Waals surface area (Å²) in [6, 6.07) is 5.22. The second-order valence-electron chi connectivity index (χ2n) is 6.08. The zero-order chi connectivity index (χ0) is 19.4. The van der Waals surface area contributed by atoms with Gasteiger partial charge in [-0.1, -0.05) is 18.7 Å². The first kappa shape index (κ1) is 19.4. The minimum atomic E-state index is -0.777. The van der Waals surface area contributed by atoms with E-state index in [1.807, 2.05) is 0 Å². The fourth-order valence-corrected chi connectivity index (χ4v) is 2.59. The number of ether oxygens (including phenoxy) is 3. The molecule has 1 aromatic carbocycles. The van der Waals surface area contributed by atoms with Gasteiger partial charge in [-0.25, -0.2) is 4.79 Å². The zero-order valence-corrected chi connectivity index (χ0v) is 15.3. The Kier molecular flexibility index (Phi) is 5.97. The second kappa shape index (κ2) is 7.99. The summed E-state index contributed by atoms with van der Waals surface area (Å²) in [6.45, 7) is 10.1. The lowest BCUT2D eigenvalue weighted by molar-refractivity contribution is -0.149. The molecule has 0 saturated heterocycles. The Balaban J connectivity index is 2.31. The molecule has 1 aliphatic rings. The monoisotopic (exact) mass is 358 g/mol. The summed E-state index contributed by atoms with van der Waals surface area (Å²) in [5.41, 5.74) is 2.02. The van der Waals surface area contributed by atoms with Gasteiger partial charge >= 0.3 is 11.9 Å². The van der Waals surface area contributed by atoms with Crippen molar-refractivity contribution in [1.82, 2.24) is 0 Å². The average molecular weight is 358 g/mol.